The van der Waals surface area contributed by atoms with Gasteiger partial charge in [-0.25, -0.2) is 9.07 Å². The predicted octanol–water partition coefficient (Wildman–Crippen LogP) is 3.93. The molecule has 0 unspecified atom stereocenters. The third kappa shape index (κ3) is 2.40. The first-order chi connectivity index (χ1) is 8.43. The van der Waals surface area contributed by atoms with Crippen LogP contribution < -0.4 is 0 Å². The Hall–Kier alpha value is -1.37. The van der Waals surface area contributed by atoms with E-state index in [0.717, 1.165) is 16.9 Å². The molecule has 2 rings (SSSR count). The number of benzene rings is 1. The average molecular weight is 323 g/mol. The standard InChI is InChI=1S/C11H7BrF4N2/c12-6-7-2-1-3-8(13)10(7)18-5-4-9(17-18)11(14,15)16/h1-5H,6H2. The SMILES string of the molecule is Fc1cccc(CBr)c1-n1ccc(C(F)(F)F)n1. The molecule has 18 heavy (non-hydrogen) atoms. The molecule has 0 saturated carbocycles. The largest absolute Gasteiger partial charge is 0.435 e. The van der Waals surface area contributed by atoms with Gasteiger partial charge in [-0.3, -0.25) is 0 Å². The lowest BCUT2D eigenvalue weighted by molar-refractivity contribution is -0.141. The van der Waals surface area contributed by atoms with Crippen LogP contribution >= 0.6 is 15.9 Å². The molecule has 1 heterocycles. The minimum absolute atomic E-state index is 0.0184. The quantitative estimate of drug-likeness (QED) is 0.605. The van der Waals surface area contributed by atoms with Gasteiger partial charge in [-0.05, 0) is 17.7 Å². The molecule has 1 aromatic carbocycles. The van der Waals surface area contributed by atoms with Crippen molar-refractivity contribution in [2.75, 3.05) is 0 Å². The number of nitrogens with zero attached hydrogens (tertiary/aromatic N) is 2. The third-order valence-electron chi connectivity index (χ3n) is 2.32. The van der Waals surface area contributed by atoms with Crippen LogP contribution in [-0.4, -0.2) is 9.78 Å². The van der Waals surface area contributed by atoms with Crippen molar-refractivity contribution in [2.24, 2.45) is 0 Å². The molecule has 0 bridgehead atoms. The van der Waals surface area contributed by atoms with Crippen LogP contribution in [0.1, 0.15) is 11.3 Å². The smallest absolute Gasteiger partial charge is 0.237 e. The number of hydrogen-bond donors (Lipinski definition) is 0. The molecule has 0 aliphatic carbocycles. The van der Waals surface area contributed by atoms with Gasteiger partial charge in [-0.15, -0.1) is 0 Å². The molecule has 0 atom stereocenters. The van der Waals surface area contributed by atoms with Crippen molar-refractivity contribution in [3.63, 3.8) is 0 Å². The molecule has 2 nitrogen and oxygen atoms in total. The Kier molecular flexibility index (Phi) is 3.43. The molecular weight excluding hydrogens is 316 g/mol. The van der Waals surface area contributed by atoms with E-state index >= 15 is 0 Å². The molecule has 0 spiro atoms. The van der Waals surface area contributed by atoms with E-state index in [1.807, 2.05) is 0 Å². The van der Waals surface area contributed by atoms with Gasteiger partial charge in [0.05, 0.1) is 0 Å². The molecule has 0 N–H and O–H groups in total. The van der Waals surface area contributed by atoms with Gasteiger partial charge in [0.2, 0.25) is 0 Å². The first kappa shape index (κ1) is 13.1. The highest BCUT2D eigenvalue weighted by Crippen LogP contribution is 2.29. The number of alkyl halides is 4. The average Bonchev–Trinajstić information content (AvgIpc) is 2.77. The Balaban J connectivity index is 2.53. The fraction of sp³-hybridized carbons (Fsp3) is 0.182. The summed E-state index contributed by atoms with van der Waals surface area (Å²) in [7, 11) is 0. The van der Waals surface area contributed by atoms with E-state index in [-0.39, 0.29) is 5.69 Å². The van der Waals surface area contributed by atoms with Crippen LogP contribution in [0.15, 0.2) is 30.5 Å². The lowest BCUT2D eigenvalue weighted by atomic mass is 10.2. The van der Waals surface area contributed by atoms with E-state index in [0.29, 0.717) is 10.9 Å². The molecule has 96 valence electrons. The minimum atomic E-state index is -4.54. The Bertz CT molecular complexity index is 562. The third-order valence-corrected chi connectivity index (χ3v) is 2.93. The Labute approximate surface area is 108 Å². The molecule has 0 aliphatic rings. The van der Waals surface area contributed by atoms with Crippen LogP contribution in [0.5, 0.6) is 0 Å². The van der Waals surface area contributed by atoms with Crippen LogP contribution in [0.2, 0.25) is 0 Å². The fourth-order valence-electron chi connectivity index (χ4n) is 1.52. The Morgan fingerprint density at radius 1 is 1.22 bits per heavy atom. The number of hydrogen-bond acceptors (Lipinski definition) is 1. The summed E-state index contributed by atoms with van der Waals surface area (Å²) in [5.41, 5.74) is -0.511. The first-order valence-corrected chi connectivity index (χ1v) is 6.02. The van der Waals surface area contributed by atoms with E-state index in [1.165, 1.54) is 12.1 Å². The highest BCUT2D eigenvalue weighted by Gasteiger charge is 2.33. The predicted molar refractivity (Wildman–Crippen MR) is 61.2 cm³/mol. The number of rotatable bonds is 2. The van der Waals surface area contributed by atoms with Gasteiger partial charge in [0, 0.05) is 11.5 Å². The molecule has 0 saturated heterocycles. The van der Waals surface area contributed by atoms with E-state index in [4.69, 9.17) is 0 Å². The zero-order chi connectivity index (χ0) is 13.3. The van der Waals surface area contributed by atoms with Gasteiger partial charge in [-0.2, -0.15) is 18.3 Å². The van der Waals surface area contributed by atoms with Crippen molar-refractivity contribution in [3.8, 4) is 5.69 Å². The van der Waals surface area contributed by atoms with Crippen molar-refractivity contribution >= 4 is 15.9 Å². The summed E-state index contributed by atoms with van der Waals surface area (Å²) in [6.45, 7) is 0. The Morgan fingerprint density at radius 3 is 2.50 bits per heavy atom. The second-order valence-electron chi connectivity index (χ2n) is 3.52. The second-order valence-corrected chi connectivity index (χ2v) is 4.09. The van der Waals surface area contributed by atoms with E-state index < -0.39 is 17.7 Å². The van der Waals surface area contributed by atoms with Crippen LogP contribution in [0.4, 0.5) is 17.6 Å². The highest BCUT2D eigenvalue weighted by molar-refractivity contribution is 9.08. The molecular formula is C11H7BrF4N2. The maximum Gasteiger partial charge on any atom is 0.435 e. The van der Waals surface area contributed by atoms with E-state index in [9.17, 15) is 17.6 Å². The van der Waals surface area contributed by atoms with Crippen molar-refractivity contribution < 1.29 is 17.6 Å². The zero-order valence-corrected chi connectivity index (χ0v) is 10.5. The maximum atomic E-state index is 13.7. The number of para-hydroxylation sites is 1. The van der Waals surface area contributed by atoms with Crippen LogP contribution in [-0.2, 0) is 11.5 Å². The van der Waals surface area contributed by atoms with Gasteiger partial charge in [0.15, 0.2) is 5.69 Å². The minimum Gasteiger partial charge on any atom is -0.237 e. The summed E-state index contributed by atoms with van der Waals surface area (Å²) in [6.07, 6.45) is -3.45. The van der Waals surface area contributed by atoms with E-state index in [2.05, 4.69) is 21.0 Å². The Morgan fingerprint density at radius 2 is 1.94 bits per heavy atom. The topological polar surface area (TPSA) is 17.8 Å². The summed E-state index contributed by atoms with van der Waals surface area (Å²) in [4.78, 5) is 0. The van der Waals surface area contributed by atoms with Crippen LogP contribution in [0, 0.1) is 5.82 Å². The van der Waals surface area contributed by atoms with Crippen LogP contribution in [0.3, 0.4) is 0 Å². The fourth-order valence-corrected chi connectivity index (χ4v) is 1.98. The molecule has 1 aromatic heterocycles. The van der Waals surface area contributed by atoms with Gasteiger partial charge >= 0.3 is 6.18 Å². The van der Waals surface area contributed by atoms with Crippen LogP contribution in [0.25, 0.3) is 5.69 Å². The number of halogens is 5. The molecule has 0 radical (unpaired) electrons. The molecule has 0 fully saturated rings. The molecule has 0 aliphatic heterocycles. The van der Waals surface area contributed by atoms with E-state index in [1.54, 1.807) is 6.07 Å². The lowest BCUT2D eigenvalue weighted by Gasteiger charge is -2.08. The van der Waals surface area contributed by atoms with Gasteiger partial charge < -0.3 is 0 Å². The summed E-state index contributed by atoms with van der Waals surface area (Å²) in [6, 6.07) is 5.09. The molecule has 7 heteroatoms. The molecule has 0 amide bonds. The number of aromatic nitrogens is 2. The monoisotopic (exact) mass is 322 g/mol. The first-order valence-electron chi connectivity index (χ1n) is 4.90. The van der Waals surface area contributed by atoms with Gasteiger partial charge in [-0.1, -0.05) is 28.1 Å². The van der Waals surface area contributed by atoms with Gasteiger partial charge in [0.1, 0.15) is 11.5 Å². The summed E-state index contributed by atoms with van der Waals surface area (Å²) in [5, 5.41) is 3.67. The lowest BCUT2D eigenvalue weighted by Crippen LogP contribution is -2.08. The van der Waals surface area contributed by atoms with Crippen molar-refractivity contribution in [1.29, 1.82) is 0 Å². The summed E-state index contributed by atoms with van der Waals surface area (Å²) < 4.78 is 51.8. The van der Waals surface area contributed by atoms with Crippen molar-refractivity contribution in [1.82, 2.24) is 9.78 Å². The molecule has 2 aromatic rings. The normalized spacial score (nSPS) is 11.8. The maximum absolute atomic E-state index is 13.7. The van der Waals surface area contributed by atoms with Crippen molar-refractivity contribution in [3.05, 3.63) is 47.5 Å². The van der Waals surface area contributed by atoms with Gasteiger partial charge in [0.25, 0.3) is 0 Å². The summed E-state index contributed by atoms with van der Waals surface area (Å²) >= 11 is 3.16. The second kappa shape index (κ2) is 4.72. The zero-order valence-electron chi connectivity index (χ0n) is 8.88. The highest BCUT2D eigenvalue weighted by atomic mass is 79.9. The summed E-state index contributed by atoms with van der Waals surface area (Å²) in [5.74, 6) is -0.622. The van der Waals surface area contributed by atoms with Crippen molar-refractivity contribution in [2.45, 2.75) is 11.5 Å².